The number of hydrogen-bond acceptors (Lipinski definition) is 5. The van der Waals surface area contributed by atoms with Crippen LogP contribution in [0.2, 0.25) is 0 Å². The Morgan fingerprint density at radius 1 is 1.22 bits per heavy atom. The van der Waals surface area contributed by atoms with E-state index in [0.717, 1.165) is 29.7 Å². The van der Waals surface area contributed by atoms with Crippen LogP contribution in [0.3, 0.4) is 0 Å². The lowest BCUT2D eigenvalue weighted by atomic mass is 10.0. The van der Waals surface area contributed by atoms with Gasteiger partial charge in [-0.3, -0.25) is 0 Å². The van der Waals surface area contributed by atoms with E-state index in [-0.39, 0.29) is 17.5 Å². The molecular weight excluding hydrogens is 320 g/mol. The van der Waals surface area contributed by atoms with E-state index in [1.54, 1.807) is 0 Å². The number of hydrogen-bond donors (Lipinski definition) is 2. The molecule has 3 aliphatic heterocycles. The molecule has 1 aromatic carbocycles. The number of benzene rings is 1. The zero-order chi connectivity index (χ0) is 16.0. The molecule has 1 saturated heterocycles. The normalized spacial score (nSPS) is 23.6. The molecule has 2 amide bonds. The van der Waals surface area contributed by atoms with Crippen molar-refractivity contribution in [3.8, 4) is 11.5 Å². The minimum atomic E-state index is -3.02. The maximum Gasteiger partial charge on any atom is 0.319 e. The van der Waals surface area contributed by atoms with E-state index in [9.17, 15) is 13.2 Å². The molecule has 23 heavy (non-hydrogen) atoms. The molecule has 0 spiro atoms. The molecule has 0 aliphatic carbocycles. The van der Waals surface area contributed by atoms with Gasteiger partial charge in [-0.25, -0.2) is 13.2 Å². The Bertz CT molecular complexity index is 742. The van der Waals surface area contributed by atoms with Gasteiger partial charge in [-0.2, -0.15) is 0 Å². The highest BCUT2D eigenvalue weighted by molar-refractivity contribution is 7.91. The fraction of sp³-hybridized carbons (Fsp3) is 0.533. The first-order valence-electron chi connectivity index (χ1n) is 7.74. The zero-order valence-corrected chi connectivity index (χ0v) is 13.4. The Morgan fingerprint density at radius 3 is 2.83 bits per heavy atom. The van der Waals surface area contributed by atoms with Gasteiger partial charge in [0.15, 0.2) is 9.84 Å². The summed E-state index contributed by atoms with van der Waals surface area (Å²) in [5, 5.41) is 5.59. The van der Waals surface area contributed by atoms with Crippen molar-refractivity contribution < 1.29 is 22.7 Å². The van der Waals surface area contributed by atoms with Gasteiger partial charge in [0.25, 0.3) is 0 Å². The van der Waals surface area contributed by atoms with Gasteiger partial charge < -0.3 is 20.1 Å². The van der Waals surface area contributed by atoms with Gasteiger partial charge in [-0.05, 0) is 12.5 Å². The molecule has 7 nitrogen and oxygen atoms in total. The molecule has 4 rings (SSSR count). The van der Waals surface area contributed by atoms with Crippen molar-refractivity contribution in [2.45, 2.75) is 25.3 Å². The van der Waals surface area contributed by atoms with Crippen molar-refractivity contribution in [2.24, 2.45) is 0 Å². The average molecular weight is 338 g/mol. The number of carbonyl (C=O) groups excluding carboxylic acids is 1. The van der Waals surface area contributed by atoms with Crippen LogP contribution in [0.4, 0.5) is 10.5 Å². The summed E-state index contributed by atoms with van der Waals surface area (Å²) in [5.74, 6) is 1.65. The molecule has 1 unspecified atom stereocenters. The topological polar surface area (TPSA) is 93.7 Å². The van der Waals surface area contributed by atoms with Crippen LogP contribution in [0, 0.1) is 0 Å². The predicted molar refractivity (Wildman–Crippen MR) is 84.1 cm³/mol. The molecule has 1 fully saturated rings. The van der Waals surface area contributed by atoms with Gasteiger partial charge in [0, 0.05) is 30.0 Å². The molecule has 124 valence electrons. The van der Waals surface area contributed by atoms with Crippen LogP contribution >= 0.6 is 0 Å². The predicted octanol–water partition coefficient (Wildman–Crippen LogP) is 0.865. The number of anilines is 1. The fourth-order valence-electron chi connectivity index (χ4n) is 3.36. The van der Waals surface area contributed by atoms with E-state index in [4.69, 9.17) is 9.47 Å². The summed E-state index contributed by atoms with van der Waals surface area (Å²) in [7, 11) is -3.02. The van der Waals surface area contributed by atoms with Crippen LogP contribution in [-0.4, -0.2) is 45.2 Å². The molecule has 1 atom stereocenters. The van der Waals surface area contributed by atoms with Gasteiger partial charge in [0.05, 0.1) is 30.4 Å². The number of fused-ring (bicyclic) bond motifs is 2. The smallest absolute Gasteiger partial charge is 0.319 e. The lowest BCUT2D eigenvalue weighted by Crippen LogP contribution is -2.38. The summed E-state index contributed by atoms with van der Waals surface area (Å²) in [6, 6.07) is 1.25. The van der Waals surface area contributed by atoms with Gasteiger partial charge in [-0.1, -0.05) is 0 Å². The molecule has 2 N–H and O–H groups in total. The second-order valence-electron chi connectivity index (χ2n) is 6.11. The average Bonchev–Trinajstić information content (AvgIpc) is 3.18. The lowest BCUT2D eigenvalue weighted by molar-refractivity contribution is 0.249. The minimum Gasteiger partial charge on any atom is -0.493 e. The van der Waals surface area contributed by atoms with Gasteiger partial charge in [-0.15, -0.1) is 0 Å². The Balaban J connectivity index is 1.54. The summed E-state index contributed by atoms with van der Waals surface area (Å²) in [5.41, 5.74) is 2.63. The van der Waals surface area contributed by atoms with E-state index in [1.807, 2.05) is 6.07 Å². The highest BCUT2D eigenvalue weighted by atomic mass is 32.2. The Morgan fingerprint density at radius 2 is 2.04 bits per heavy atom. The molecule has 0 saturated carbocycles. The van der Waals surface area contributed by atoms with Crippen LogP contribution in [0.1, 0.15) is 17.5 Å². The standard InChI is InChI=1S/C15H18N2O5S/c18-15(16-10-3-6-23(19,20)8-10)17-13-11-2-5-21-12(11)7-9-1-4-22-14(9)13/h7,10H,1-6,8H2,(H2,16,17,18). The van der Waals surface area contributed by atoms with Crippen molar-refractivity contribution in [1.82, 2.24) is 5.32 Å². The minimum absolute atomic E-state index is 0.00500. The first-order valence-corrected chi connectivity index (χ1v) is 9.56. The van der Waals surface area contributed by atoms with Crippen molar-refractivity contribution >= 4 is 21.6 Å². The van der Waals surface area contributed by atoms with Crippen LogP contribution in [0.15, 0.2) is 6.07 Å². The molecule has 1 aromatic rings. The third kappa shape index (κ3) is 2.71. The molecule has 3 heterocycles. The number of ether oxygens (including phenoxy) is 2. The monoisotopic (exact) mass is 338 g/mol. The molecule has 0 aromatic heterocycles. The Labute approximate surface area is 134 Å². The van der Waals surface area contributed by atoms with Gasteiger partial charge >= 0.3 is 6.03 Å². The van der Waals surface area contributed by atoms with E-state index in [0.29, 0.717) is 31.1 Å². The second-order valence-corrected chi connectivity index (χ2v) is 8.34. The molecule has 8 heteroatoms. The zero-order valence-electron chi connectivity index (χ0n) is 12.6. The van der Waals surface area contributed by atoms with Crippen LogP contribution in [0.25, 0.3) is 0 Å². The lowest BCUT2D eigenvalue weighted by Gasteiger charge is -2.16. The van der Waals surface area contributed by atoms with Crippen molar-refractivity contribution in [1.29, 1.82) is 0 Å². The Kier molecular flexibility index (Phi) is 3.37. The highest BCUT2D eigenvalue weighted by Gasteiger charge is 2.31. The van der Waals surface area contributed by atoms with Crippen LogP contribution in [0.5, 0.6) is 11.5 Å². The number of urea groups is 1. The van der Waals surface area contributed by atoms with Crippen LogP contribution < -0.4 is 20.1 Å². The number of nitrogens with one attached hydrogen (secondary N) is 2. The molecular formula is C15H18N2O5S. The third-order valence-electron chi connectivity index (χ3n) is 4.46. The van der Waals surface area contributed by atoms with Crippen molar-refractivity contribution in [2.75, 3.05) is 30.0 Å². The summed E-state index contributed by atoms with van der Waals surface area (Å²) in [6.07, 6.45) is 1.98. The first kappa shape index (κ1) is 14.6. The van der Waals surface area contributed by atoms with Gasteiger partial charge in [0.1, 0.15) is 11.5 Å². The van der Waals surface area contributed by atoms with E-state index < -0.39 is 15.9 Å². The van der Waals surface area contributed by atoms with Crippen LogP contribution in [-0.2, 0) is 22.7 Å². The highest BCUT2D eigenvalue weighted by Crippen LogP contribution is 2.44. The summed E-state index contributed by atoms with van der Waals surface area (Å²) in [6.45, 7) is 1.19. The maximum atomic E-state index is 12.3. The SMILES string of the molecule is O=C(Nc1c2c(cc3c1OCC3)OCC2)NC1CCS(=O)(=O)C1. The first-order chi connectivity index (χ1) is 11.0. The molecule has 0 radical (unpaired) electrons. The summed E-state index contributed by atoms with van der Waals surface area (Å²) in [4.78, 5) is 12.3. The third-order valence-corrected chi connectivity index (χ3v) is 6.22. The largest absolute Gasteiger partial charge is 0.493 e. The van der Waals surface area contributed by atoms with E-state index in [1.165, 1.54) is 0 Å². The number of carbonyl (C=O) groups is 1. The number of sulfone groups is 1. The molecule has 3 aliphatic rings. The van der Waals surface area contributed by atoms with Gasteiger partial charge in [0.2, 0.25) is 0 Å². The number of rotatable bonds is 2. The fourth-order valence-corrected chi connectivity index (χ4v) is 5.03. The summed E-state index contributed by atoms with van der Waals surface area (Å²) < 4.78 is 34.2. The van der Waals surface area contributed by atoms with Crippen molar-refractivity contribution in [3.05, 3.63) is 17.2 Å². The number of amides is 2. The van der Waals surface area contributed by atoms with Crippen molar-refractivity contribution in [3.63, 3.8) is 0 Å². The summed E-state index contributed by atoms with van der Waals surface area (Å²) >= 11 is 0. The maximum absolute atomic E-state index is 12.3. The van der Waals surface area contributed by atoms with E-state index in [2.05, 4.69) is 10.6 Å². The quantitative estimate of drug-likeness (QED) is 0.834. The Hall–Kier alpha value is -1.96. The second kappa shape index (κ2) is 5.30. The molecule has 0 bridgehead atoms. The van der Waals surface area contributed by atoms with E-state index >= 15 is 0 Å².